The number of hydrogen-bond acceptors (Lipinski definition) is 30. The Morgan fingerprint density at radius 3 is 0.237 bits per heavy atom. The van der Waals surface area contributed by atoms with Crippen molar-refractivity contribution in [3.63, 3.8) is 0 Å². The number of carbonyl (C=O) groups excluding carboxylic acids is 25. The van der Waals surface area contributed by atoms with Crippen molar-refractivity contribution in [3.8, 4) is 0 Å². The summed E-state index contributed by atoms with van der Waals surface area (Å²) >= 11 is 0. The Balaban J connectivity index is -0.000000201. The molecule has 0 aromatic carbocycles. The molecule has 1 radical (unpaired) electrons. The molecular weight excluding hydrogens is 1070 g/mol. The van der Waals surface area contributed by atoms with Crippen molar-refractivity contribution in [2.75, 3.05) is 0 Å². The van der Waals surface area contributed by atoms with Crippen LogP contribution < -0.4 is 25.5 Å². The summed E-state index contributed by atoms with van der Waals surface area (Å²) in [5.74, 6) is -36.9. The molecule has 31 heteroatoms. The molecule has 0 spiro atoms. The predicted octanol–water partition coefficient (Wildman–Crippen LogP) is -9.71. The summed E-state index contributed by atoms with van der Waals surface area (Å²) in [5, 5.41) is 51.7. The summed E-state index contributed by atoms with van der Waals surface area (Å²) in [6.07, 6.45) is 0. The molecule has 0 aromatic rings. The number of carbonyl (C=O) groups is 25. The van der Waals surface area contributed by atoms with Crippen LogP contribution in [0.3, 0.4) is 0 Å². The van der Waals surface area contributed by atoms with E-state index in [0.29, 0.717) is 0 Å². The van der Waals surface area contributed by atoms with Gasteiger partial charge in [-0.2, -0.15) is 0 Å². The summed E-state index contributed by atoms with van der Waals surface area (Å²) in [6.45, 7) is 12.1. The topological polar surface area (TPSA) is 542 Å². The number of rotatable bonds is 25. The first-order chi connectivity index (χ1) is 33.4. The second kappa shape index (κ2) is 30.5. The molecule has 0 unspecified atom stereocenters. The fourth-order valence-corrected chi connectivity index (χ4v) is 6.88. The molecule has 0 heterocycles. The zero-order chi connectivity index (χ0) is 61.9. The van der Waals surface area contributed by atoms with E-state index >= 15 is 0 Å². The maximum absolute atomic E-state index is 11.2. The van der Waals surface area contributed by atoms with Gasteiger partial charge in [-0.1, -0.05) is 0 Å². The smallest absolute Gasteiger partial charge is 0.208 e. The van der Waals surface area contributed by atoms with Crippen LogP contribution in [-0.2, 0) is 138 Å². The Hall–Kier alpha value is -8.67. The molecule has 0 aliphatic rings. The minimum atomic E-state index is -2.74. The number of Topliss-reactive ketones (excluding diaryl/α,β-unsaturated/α-hetero) is 20. The normalized spacial score (nSPS) is 10.5. The quantitative estimate of drug-likeness (QED) is 0.0605. The molecule has 0 fully saturated rings. The van der Waals surface area contributed by atoms with Crippen molar-refractivity contribution in [2.45, 2.75) is 104 Å². The van der Waals surface area contributed by atoms with Gasteiger partial charge in [0.2, 0.25) is 56.0 Å². The number of carboxylic acids is 5. The molecule has 0 N–H and O–H groups in total. The fourth-order valence-electron chi connectivity index (χ4n) is 6.88. The molecule has 0 saturated heterocycles. The van der Waals surface area contributed by atoms with Crippen LogP contribution in [0.25, 0.3) is 0 Å². The van der Waals surface area contributed by atoms with Crippen molar-refractivity contribution in [2.24, 2.45) is 27.1 Å². The monoisotopic (exact) mass is 1120 g/mol. The minimum absolute atomic E-state index is 0. The Bertz CT molecular complexity index is 2070. The number of hydrogen-bond donors (Lipinski definition) is 0. The third kappa shape index (κ3) is 15.7. The summed E-state index contributed by atoms with van der Waals surface area (Å²) in [5.41, 5.74) is -13.7. The molecule has 0 bridgehead atoms. The van der Waals surface area contributed by atoms with Crippen molar-refractivity contribution in [3.05, 3.63) is 0 Å². The first kappa shape index (κ1) is 78.8. The van der Waals surface area contributed by atoms with Crippen LogP contribution in [0.1, 0.15) is 104 Å². The summed E-state index contributed by atoms with van der Waals surface area (Å²) in [4.78, 5) is 275. The number of aliphatic carboxylic acids is 5. The Kier molecular flexibility index (Phi) is 31.6. The summed E-state index contributed by atoms with van der Waals surface area (Å²) < 4.78 is 0. The van der Waals surface area contributed by atoms with Crippen LogP contribution in [0, 0.1) is 27.1 Å². The van der Waals surface area contributed by atoms with E-state index in [2.05, 4.69) is 0 Å². The SMILES string of the molecule is CC(=O)C(C(C)=O)(C(C)=O)C(=O)C(=O)[O-].CC(=O)C(C(C)=O)(C(C)=O)C(=O)C(=O)[O-].CC(=O)C(C(C)=O)(C(C)=O)C(=O)C(=O)[O-].CC(=O)C(C(C)=O)(C(C)=O)C(=O)C(=O)[O-].CC(=O)C(C(C)=O)(C(C)=O)C(=O)C(=O)[O-].[V]. The van der Waals surface area contributed by atoms with E-state index in [-0.39, 0.29) is 18.6 Å². The van der Waals surface area contributed by atoms with Crippen LogP contribution in [0.2, 0.25) is 0 Å². The van der Waals surface area contributed by atoms with Crippen LogP contribution in [0.15, 0.2) is 0 Å². The largest absolute Gasteiger partial charge is 0.542 e. The fraction of sp³-hybridized carbons (Fsp3) is 0.444. The van der Waals surface area contributed by atoms with Crippen LogP contribution in [0.5, 0.6) is 0 Å². The van der Waals surface area contributed by atoms with Gasteiger partial charge in [-0.25, -0.2) is 0 Å². The number of ketones is 20. The maximum atomic E-state index is 11.2. The Morgan fingerprint density at radius 1 is 0.171 bits per heavy atom. The van der Waals surface area contributed by atoms with E-state index in [4.69, 9.17) is 0 Å². The van der Waals surface area contributed by atoms with Gasteiger partial charge in [0.15, 0.2) is 86.7 Å². The molecule has 0 amide bonds. The zero-order valence-corrected chi connectivity index (χ0v) is 44.1. The van der Waals surface area contributed by atoms with Gasteiger partial charge in [-0.3, -0.25) is 95.9 Å². The summed E-state index contributed by atoms with van der Waals surface area (Å²) in [7, 11) is 0. The molecular formula is C45H45O30V-5. The minimum Gasteiger partial charge on any atom is -0.542 e. The van der Waals surface area contributed by atoms with E-state index < -0.39 is 173 Å². The van der Waals surface area contributed by atoms with E-state index in [0.717, 1.165) is 104 Å². The van der Waals surface area contributed by atoms with Crippen molar-refractivity contribution in [1.82, 2.24) is 0 Å². The van der Waals surface area contributed by atoms with E-state index in [1.807, 2.05) is 0 Å². The first-order valence-corrected chi connectivity index (χ1v) is 19.9. The molecule has 0 atom stereocenters. The van der Waals surface area contributed by atoms with E-state index in [1.54, 1.807) is 0 Å². The van der Waals surface area contributed by atoms with Crippen molar-refractivity contribution >= 4 is 146 Å². The zero-order valence-electron chi connectivity index (χ0n) is 42.7. The molecule has 0 aromatic heterocycles. The molecule has 76 heavy (non-hydrogen) atoms. The molecule has 415 valence electrons. The van der Waals surface area contributed by atoms with Gasteiger partial charge in [0.25, 0.3) is 0 Å². The van der Waals surface area contributed by atoms with Gasteiger partial charge in [-0.15, -0.1) is 0 Å². The Morgan fingerprint density at radius 2 is 0.224 bits per heavy atom. The van der Waals surface area contributed by atoms with Gasteiger partial charge >= 0.3 is 0 Å². The van der Waals surface area contributed by atoms with Gasteiger partial charge < -0.3 is 49.5 Å². The van der Waals surface area contributed by atoms with Gasteiger partial charge in [-0.05, 0) is 104 Å². The van der Waals surface area contributed by atoms with Gasteiger partial charge in [0, 0.05) is 18.6 Å². The average molecular weight is 1120 g/mol. The standard InChI is InChI=1S/5C9H10O6.V/c5*1-4(10)9(5(2)11,6(3)12)7(13)8(14)15;/h5*1-3H3,(H,14,15);/p-5. The van der Waals surface area contributed by atoms with Crippen LogP contribution in [0.4, 0.5) is 0 Å². The number of carboxylic acid groups (broad SMARTS) is 5. The maximum Gasteiger partial charge on any atom is 0.208 e. The molecule has 0 rings (SSSR count). The van der Waals surface area contributed by atoms with Gasteiger partial charge in [0.1, 0.15) is 29.8 Å². The predicted molar refractivity (Wildman–Crippen MR) is 222 cm³/mol. The molecule has 30 nitrogen and oxygen atoms in total. The third-order valence-corrected chi connectivity index (χ3v) is 10.6. The molecule has 0 aliphatic carbocycles. The third-order valence-electron chi connectivity index (χ3n) is 10.6. The van der Waals surface area contributed by atoms with Crippen LogP contribution >= 0.6 is 0 Å². The average Bonchev–Trinajstić information content (AvgIpc) is 3.20. The van der Waals surface area contributed by atoms with E-state index in [9.17, 15) is 145 Å². The second-order valence-corrected chi connectivity index (χ2v) is 15.2. The van der Waals surface area contributed by atoms with Crippen molar-refractivity contribution in [1.29, 1.82) is 0 Å². The van der Waals surface area contributed by atoms with Crippen molar-refractivity contribution < 1.29 is 164 Å². The molecule has 0 aliphatic heterocycles. The Labute approximate surface area is 439 Å². The first-order valence-electron chi connectivity index (χ1n) is 19.9. The second-order valence-electron chi connectivity index (χ2n) is 15.2. The molecule has 0 saturated carbocycles. The summed E-state index contributed by atoms with van der Waals surface area (Å²) in [6, 6.07) is 0. The van der Waals surface area contributed by atoms with Crippen LogP contribution in [-0.4, -0.2) is 146 Å². The van der Waals surface area contributed by atoms with E-state index in [1.165, 1.54) is 0 Å². The van der Waals surface area contributed by atoms with Gasteiger partial charge in [0.05, 0.1) is 0 Å².